The van der Waals surface area contributed by atoms with Crippen LogP contribution in [-0.2, 0) is 33.2 Å². The summed E-state index contributed by atoms with van der Waals surface area (Å²) in [6, 6.07) is 10.6. The maximum absolute atomic E-state index is 12.0. The predicted molar refractivity (Wildman–Crippen MR) is 164 cm³/mol. The van der Waals surface area contributed by atoms with Crippen molar-refractivity contribution in [3.8, 4) is 0 Å². The van der Waals surface area contributed by atoms with Gasteiger partial charge in [-0.3, -0.25) is 9.11 Å². The third-order valence-electron chi connectivity index (χ3n) is 7.66. The standard InChI is InChI=1S/C31H46N2O6S2/c1-2-3-4-5-6-7-8-9-10-11-12-13-14-15-16-20-30-32-31-28(18-17-19-29(31)41(37,38)39)33(30)25-26-21-23-27(24-22-26)40(34,35)36/h17-19,21-24H,2-16,20,25H2,1H3,(H,34,35,36)(H,37,38,39). The van der Waals surface area contributed by atoms with Crippen LogP contribution in [0.3, 0.4) is 0 Å². The monoisotopic (exact) mass is 606 g/mol. The molecule has 0 unspecified atom stereocenters. The smallest absolute Gasteiger partial charge is 0.296 e. The van der Waals surface area contributed by atoms with Gasteiger partial charge < -0.3 is 4.57 Å². The van der Waals surface area contributed by atoms with E-state index in [0.29, 0.717) is 24.3 Å². The molecule has 3 aromatic rings. The van der Waals surface area contributed by atoms with Gasteiger partial charge in [-0.25, -0.2) is 4.98 Å². The second kappa shape index (κ2) is 16.4. The highest BCUT2D eigenvalue weighted by atomic mass is 32.2. The lowest BCUT2D eigenvalue weighted by atomic mass is 10.0. The van der Waals surface area contributed by atoms with Crippen LogP contribution in [0.4, 0.5) is 0 Å². The van der Waals surface area contributed by atoms with Crippen LogP contribution in [0.2, 0.25) is 0 Å². The van der Waals surface area contributed by atoms with Gasteiger partial charge in [-0.1, -0.05) is 115 Å². The summed E-state index contributed by atoms with van der Waals surface area (Å²) in [4.78, 5) is 4.20. The third kappa shape index (κ3) is 10.8. The average Bonchev–Trinajstić information content (AvgIpc) is 3.27. The highest BCUT2D eigenvalue weighted by Gasteiger charge is 2.20. The number of unbranched alkanes of at least 4 members (excludes halogenated alkanes) is 14. The quantitative estimate of drug-likeness (QED) is 0.0985. The molecule has 0 aliphatic carbocycles. The Balaban J connectivity index is 1.52. The number of fused-ring (bicyclic) bond motifs is 1. The zero-order valence-electron chi connectivity index (χ0n) is 24.3. The molecule has 0 amide bonds. The van der Waals surface area contributed by atoms with Crippen LogP contribution in [-0.4, -0.2) is 35.5 Å². The fraction of sp³-hybridized carbons (Fsp3) is 0.581. The van der Waals surface area contributed by atoms with E-state index < -0.39 is 20.2 Å². The molecule has 41 heavy (non-hydrogen) atoms. The van der Waals surface area contributed by atoms with Crippen LogP contribution in [0.1, 0.15) is 115 Å². The van der Waals surface area contributed by atoms with E-state index in [0.717, 1.165) is 24.8 Å². The van der Waals surface area contributed by atoms with E-state index in [2.05, 4.69) is 11.9 Å². The van der Waals surface area contributed by atoms with Gasteiger partial charge in [0.15, 0.2) is 0 Å². The van der Waals surface area contributed by atoms with Crippen molar-refractivity contribution in [2.75, 3.05) is 0 Å². The summed E-state index contributed by atoms with van der Waals surface area (Å²) < 4.78 is 67.7. The number of nitrogens with zero attached hydrogens (tertiary/aromatic N) is 2. The molecule has 3 rings (SSSR count). The Morgan fingerprint density at radius 1 is 0.659 bits per heavy atom. The van der Waals surface area contributed by atoms with E-state index in [1.165, 1.54) is 95.2 Å². The Labute approximate surface area is 246 Å². The lowest BCUT2D eigenvalue weighted by molar-refractivity contribution is 0.481. The van der Waals surface area contributed by atoms with Gasteiger partial charge in [0.25, 0.3) is 20.2 Å². The van der Waals surface area contributed by atoms with Crippen molar-refractivity contribution in [2.45, 2.75) is 126 Å². The van der Waals surface area contributed by atoms with Gasteiger partial charge in [-0.05, 0) is 36.2 Å². The normalized spacial score (nSPS) is 12.4. The largest absolute Gasteiger partial charge is 0.323 e. The number of para-hydroxylation sites is 1. The first-order valence-electron chi connectivity index (χ1n) is 15.1. The van der Waals surface area contributed by atoms with E-state index in [9.17, 15) is 25.9 Å². The van der Waals surface area contributed by atoms with Crippen molar-refractivity contribution in [2.24, 2.45) is 0 Å². The summed E-state index contributed by atoms with van der Waals surface area (Å²) >= 11 is 0. The molecule has 0 radical (unpaired) electrons. The van der Waals surface area contributed by atoms with Gasteiger partial charge in [0.05, 0.1) is 10.4 Å². The number of benzene rings is 2. The molecule has 0 aliphatic rings. The van der Waals surface area contributed by atoms with Gasteiger partial charge in [-0.2, -0.15) is 16.8 Å². The zero-order chi connectivity index (χ0) is 29.7. The summed E-state index contributed by atoms with van der Waals surface area (Å²) in [5.41, 5.74) is 1.57. The minimum Gasteiger partial charge on any atom is -0.323 e. The van der Waals surface area contributed by atoms with Crippen molar-refractivity contribution < 1.29 is 25.9 Å². The Hall–Kier alpha value is -2.27. The van der Waals surface area contributed by atoms with E-state index >= 15 is 0 Å². The van der Waals surface area contributed by atoms with Crippen LogP contribution >= 0.6 is 0 Å². The lowest BCUT2D eigenvalue weighted by Crippen LogP contribution is -2.06. The topological polar surface area (TPSA) is 127 Å². The molecule has 1 aromatic heterocycles. The Morgan fingerprint density at radius 3 is 1.66 bits per heavy atom. The first-order valence-corrected chi connectivity index (χ1v) is 18.0. The molecule has 0 saturated carbocycles. The molecular formula is C31H46N2O6S2. The molecule has 0 atom stereocenters. The van der Waals surface area contributed by atoms with E-state index in [1.54, 1.807) is 24.3 Å². The van der Waals surface area contributed by atoms with Crippen LogP contribution < -0.4 is 0 Å². The van der Waals surface area contributed by atoms with Crippen molar-refractivity contribution >= 4 is 31.3 Å². The summed E-state index contributed by atoms with van der Waals surface area (Å²) in [6.45, 7) is 2.59. The second-order valence-electron chi connectivity index (χ2n) is 11.0. The first-order chi connectivity index (χ1) is 19.6. The maximum atomic E-state index is 12.0. The van der Waals surface area contributed by atoms with Crippen molar-refractivity contribution in [1.82, 2.24) is 9.55 Å². The number of rotatable bonds is 20. The highest BCUT2D eigenvalue weighted by Crippen LogP contribution is 2.26. The molecule has 228 valence electrons. The van der Waals surface area contributed by atoms with E-state index in [-0.39, 0.29) is 15.3 Å². The summed E-state index contributed by atoms with van der Waals surface area (Å²) in [7, 11) is -8.74. The lowest BCUT2D eigenvalue weighted by Gasteiger charge is -2.10. The van der Waals surface area contributed by atoms with Gasteiger partial charge in [-0.15, -0.1) is 0 Å². The van der Waals surface area contributed by atoms with Crippen molar-refractivity contribution in [3.63, 3.8) is 0 Å². The molecule has 2 aromatic carbocycles. The van der Waals surface area contributed by atoms with Crippen LogP contribution in [0.25, 0.3) is 11.0 Å². The molecule has 10 heteroatoms. The third-order valence-corrected chi connectivity index (χ3v) is 9.42. The Kier molecular flexibility index (Phi) is 13.3. The van der Waals surface area contributed by atoms with Crippen LogP contribution in [0.15, 0.2) is 52.3 Å². The number of aromatic nitrogens is 2. The number of aryl methyl sites for hydroxylation is 1. The second-order valence-corrected chi connectivity index (χ2v) is 13.8. The molecule has 8 nitrogen and oxygen atoms in total. The molecule has 0 spiro atoms. The van der Waals surface area contributed by atoms with Crippen molar-refractivity contribution in [3.05, 3.63) is 53.9 Å². The zero-order valence-corrected chi connectivity index (χ0v) is 25.9. The van der Waals surface area contributed by atoms with Crippen LogP contribution in [0.5, 0.6) is 0 Å². The van der Waals surface area contributed by atoms with Gasteiger partial charge >= 0.3 is 0 Å². The molecular weight excluding hydrogens is 560 g/mol. The summed E-state index contributed by atoms with van der Waals surface area (Å²) in [5, 5.41) is 0. The minimum absolute atomic E-state index is 0.191. The SMILES string of the molecule is CCCCCCCCCCCCCCCCCc1nc2c(S(=O)(=O)O)cccc2n1Cc1ccc(S(=O)(=O)O)cc1. The molecule has 0 aliphatic heterocycles. The number of hydrogen-bond donors (Lipinski definition) is 2. The average molecular weight is 607 g/mol. The molecule has 1 heterocycles. The van der Waals surface area contributed by atoms with E-state index in [4.69, 9.17) is 0 Å². The van der Waals surface area contributed by atoms with Crippen molar-refractivity contribution in [1.29, 1.82) is 0 Å². The number of imidazole rings is 1. The molecule has 2 N–H and O–H groups in total. The summed E-state index contributed by atoms with van der Waals surface area (Å²) in [6.07, 6.45) is 19.7. The van der Waals surface area contributed by atoms with Gasteiger partial charge in [0.2, 0.25) is 0 Å². The van der Waals surface area contributed by atoms with E-state index in [1.807, 2.05) is 4.57 Å². The van der Waals surface area contributed by atoms with Gasteiger partial charge in [0.1, 0.15) is 16.2 Å². The minimum atomic E-state index is -4.45. The van der Waals surface area contributed by atoms with Crippen LogP contribution in [0, 0.1) is 0 Å². The Bertz CT molecular complexity index is 1430. The maximum Gasteiger partial charge on any atom is 0.296 e. The predicted octanol–water partition coefficient (Wildman–Crippen LogP) is 7.99. The summed E-state index contributed by atoms with van der Waals surface area (Å²) in [5.74, 6) is 0.713. The molecule has 0 bridgehead atoms. The number of hydrogen-bond acceptors (Lipinski definition) is 5. The first kappa shape index (κ1) is 33.2. The fourth-order valence-corrected chi connectivity index (χ4v) is 6.47. The fourth-order valence-electron chi connectivity index (χ4n) is 5.35. The molecule has 0 fully saturated rings. The Morgan fingerprint density at radius 2 is 1.17 bits per heavy atom. The van der Waals surface area contributed by atoms with Gasteiger partial charge in [0, 0.05) is 13.0 Å². The molecule has 0 saturated heterocycles. The highest BCUT2D eigenvalue weighted by molar-refractivity contribution is 7.86.